The van der Waals surface area contributed by atoms with Crippen LogP contribution >= 0.6 is 0 Å². The number of benzene rings is 1. The molecule has 17 heavy (non-hydrogen) atoms. The lowest BCUT2D eigenvalue weighted by atomic mass is 10.1. The van der Waals surface area contributed by atoms with E-state index in [1.165, 1.54) is 6.07 Å². The average molecular weight is 225 g/mol. The standard InChI is InChI=1S/C14H11NO2/c1-15-7-6-10(9-15)12-8-14(16)17-13-5-3-2-4-11(12)13/h2-9H,1H3. The molecule has 2 aromatic heterocycles. The van der Waals surface area contributed by atoms with Gasteiger partial charge in [0.1, 0.15) is 5.58 Å². The van der Waals surface area contributed by atoms with Crippen LogP contribution in [0, 0.1) is 0 Å². The summed E-state index contributed by atoms with van der Waals surface area (Å²) in [5, 5.41) is 0.957. The van der Waals surface area contributed by atoms with Crippen LogP contribution in [0.15, 0.2) is 58.0 Å². The molecule has 0 amide bonds. The highest BCUT2D eigenvalue weighted by Crippen LogP contribution is 2.26. The Morgan fingerprint density at radius 2 is 2.00 bits per heavy atom. The molecule has 3 rings (SSSR count). The Morgan fingerprint density at radius 1 is 1.18 bits per heavy atom. The zero-order valence-corrected chi connectivity index (χ0v) is 9.38. The van der Waals surface area contributed by atoms with Gasteiger partial charge in [-0.1, -0.05) is 18.2 Å². The summed E-state index contributed by atoms with van der Waals surface area (Å²) >= 11 is 0. The molecule has 3 heteroatoms. The van der Waals surface area contributed by atoms with Crippen molar-refractivity contribution in [1.29, 1.82) is 0 Å². The maximum atomic E-state index is 11.5. The molecule has 0 bridgehead atoms. The van der Waals surface area contributed by atoms with Crippen LogP contribution in [0.2, 0.25) is 0 Å². The quantitative estimate of drug-likeness (QED) is 0.597. The number of hydrogen-bond donors (Lipinski definition) is 0. The molecule has 3 aromatic rings. The fourth-order valence-corrected chi connectivity index (χ4v) is 2.01. The number of fused-ring (bicyclic) bond motifs is 1. The summed E-state index contributed by atoms with van der Waals surface area (Å²) in [4.78, 5) is 11.5. The number of nitrogens with zero attached hydrogens (tertiary/aromatic N) is 1. The number of hydrogen-bond acceptors (Lipinski definition) is 2. The van der Waals surface area contributed by atoms with Crippen LogP contribution in [0.1, 0.15) is 0 Å². The van der Waals surface area contributed by atoms with Crippen molar-refractivity contribution in [2.45, 2.75) is 0 Å². The van der Waals surface area contributed by atoms with Crippen molar-refractivity contribution in [1.82, 2.24) is 4.57 Å². The van der Waals surface area contributed by atoms with E-state index in [2.05, 4.69) is 0 Å². The van der Waals surface area contributed by atoms with Crippen LogP contribution in [0.25, 0.3) is 22.1 Å². The van der Waals surface area contributed by atoms with Gasteiger partial charge in [-0.15, -0.1) is 0 Å². The monoisotopic (exact) mass is 225 g/mol. The van der Waals surface area contributed by atoms with Gasteiger partial charge < -0.3 is 8.98 Å². The summed E-state index contributed by atoms with van der Waals surface area (Å²) in [6.07, 6.45) is 3.94. The molecule has 0 spiro atoms. The van der Waals surface area contributed by atoms with Gasteiger partial charge in [-0.3, -0.25) is 0 Å². The molecule has 0 fully saturated rings. The van der Waals surface area contributed by atoms with Crippen LogP contribution in [0.5, 0.6) is 0 Å². The van der Waals surface area contributed by atoms with Crippen LogP contribution in [0.3, 0.4) is 0 Å². The molecule has 0 aliphatic carbocycles. The Bertz CT molecular complexity index is 737. The highest BCUT2D eigenvalue weighted by atomic mass is 16.4. The maximum absolute atomic E-state index is 11.5. The average Bonchev–Trinajstić information content (AvgIpc) is 2.74. The number of rotatable bonds is 1. The molecule has 2 heterocycles. The van der Waals surface area contributed by atoms with Gasteiger partial charge in [-0.05, 0) is 12.1 Å². The van der Waals surface area contributed by atoms with E-state index < -0.39 is 0 Å². The van der Waals surface area contributed by atoms with Gasteiger partial charge in [0, 0.05) is 42.0 Å². The number of aromatic nitrogens is 1. The topological polar surface area (TPSA) is 35.1 Å². The van der Waals surface area contributed by atoms with Crippen molar-refractivity contribution in [3.63, 3.8) is 0 Å². The zero-order valence-electron chi connectivity index (χ0n) is 9.38. The van der Waals surface area contributed by atoms with Gasteiger partial charge in [0.05, 0.1) is 0 Å². The molecule has 0 aliphatic rings. The predicted molar refractivity (Wildman–Crippen MR) is 66.9 cm³/mol. The van der Waals surface area contributed by atoms with Gasteiger partial charge >= 0.3 is 5.63 Å². The van der Waals surface area contributed by atoms with Gasteiger partial charge in [0.15, 0.2) is 0 Å². The number of aryl methyl sites for hydroxylation is 1. The third-order valence-electron chi connectivity index (χ3n) is 2.79. The molecule has 0 atom stereocenters. The molecule has 0 aliphatic heterocycles. The van der Waals surface area contributed by atoms with E-state index in [1.54, 1.807) is 0 Å². The highest BCUT2D eigenvalue weighted by molar-refractivity contribution is 5.92. The second-order valence-corrected chi connectivity index (χ2v) is 4.04. The van der Waals surface area contributed by atoms with E-state index in [1.807, 2.05) is 54.3 Å². The van der Waals surface area contributed by atoms with Crippen LogP contribution in [-0.2, 0) is 7.05 Å². The van der Waals surface area contributed by atoms with Gasteiger partial charge in [-0.2, -0.15) is 0 Å². The van der Waals surface area contributed by atoms with E-state index in [0.29, 0.717) is 5.58 Å². The van der Waals surface area contributed by atoms with Crippen molar-refractivity contribution in [3.8, 4) is 11.1 Å². The summed E-state index contributed by atoms with van der Waals surface area (Å²) in [6.45, 7) is 0. The van der Waals surface area contributed by atoms with E-state index >= 15 is 0 Å². The van der Waals surface area contributed by atoms with E-state index in [0.717, 1.165) is 16.5 Å². The first-order chi connectivity index (χ1) is 8.24. The molecule has 0 radical (unpaired) electrons. The van der Waals surface area contributed by atoms with E-state index in [4.69, 9.17) is 4.42 Å². The second-order valence-electron chi connectivity index (χ2n) is 4.04. The van der Waals surface area contributed by atoms with Crippen molar-refractivity contribution < 1.29 is 4.42 Å². The van der Waals surface area contributed by atoms with E-state index in [9.17, 15) is 4.79 Å². The SMILES string of the molecule is Cn1ccc(-c2cc(=O)oc3ccccc23)c1. The Hall–Kier alpha value is -2.29. The van der Waals surface area contributed by atoms with Crippen molar-refractivity contribution in [2.75, 3.05) is 0 Å². The van der Waals surface area contributed by atoms with Crippen LogP contribution in [0.4, 0.5) is 0 Å². The lowest BCUT2D eigenvalue weighted by Crippen LogP contribution is -1.97. The molecule has 0 saturated carbocycles. The van der Waals surface area contributed by atoms with Crippen molar-refractivity contribution in [2.24, 2.45) is 7.05 Å². The molecule has 0 unspecified atom stereocenters. The second kappa shape index (κ2) is 3.63. The zero-order chi connectivity index (χ0) is 11.8. The summed E-state index contributed by atoms with van der Waals surface area (Å²) in [7, 11) is 1.96. The molecular formula is C14H11NO2. The van der Waals surface area contributed by atoms with Crippen molar-refractivity contribution in [3.05, 3.63) is 59.2 Å². The molecule has 3 nitrogen and oxygen atoms in total. The Kier molecular flexibility index (Phi) is 2.11. The first-order valence-electron chi connectivity index (χ1n) is 5.39. The largest absolute Gasteiger partial charge is 0.423 e. The van der Waals surface area contributed by atoms with Crippen LogP contribution < -0.4 is 5.63 Å². The summed E-state index contributed by atoms with van der Waals surface area (Å²) in [5.74, 6) is 0. The molecule has 1 aromatic carbocycles. The normalized spacial score (nSPS) is 10.9. The third-order valence-corrected chi connectivity index (χ3v) is 2.79. The fourth-order valence-electron chi connectivity index (χ4n) is 2.01. The van der Waals surface area contributed by atoms with Gasteiger partial charge in [0.2, 0.25) is 0 Å². The first kappa shape index (κ1) is 9.90. The molecule has 0 saturated heterocycles. The fraction of sp³-hybridized carbons (Fsp3) is 0.0714. The number of para-hydroxylation sites is 1. The lowest BCUT2D eigenvalue weighted by molar-refractivity contribution is 0.561. The molecular weight excluding hydrogens is 214 g/mol. The highest BCUT2D eigenvalue weighted by Gasteiger charge is 2.07. The predicted octanol–water partition coefficient (Wildman–Crippen LogP) is 2.80. The van der Waals surface area contributed by atoms with E-state index in [-0.39, 0.29) is 5.63 Å². The first-order valence-corrected chi connectivity index (χ1v) is 5.39. The molecule has 84 valence electrons. The van der Waals surface area contributed by atoms with Crippen LogP contribution in [-0.4, -0.2) is 4.57 Å². The smallest absolute Gasteiger partial charge is 0.336 e. The maximum Gasteiger partial charge on any atom is 0.336 e. The Morgan fingerprint density at radius 3 is 2.76 bits per heavy atom. The Labute approximate surface area is 97.9 Å². The lowest BCUT2D eigenvalue weighted by Gasteiger charge is -2.02. The minimum absolute atomic E-state index is 0.317. The third kappa shape index (κ3) is 1.65. The summed E-state index contributed by atoms with van der Waals surface area (Å²) in [6, 6.07) is 11.1. The summed E-state index contributed by atoms with van der Waals surface area (Å²) < 4.78 is 7.13. The van der Waals surface area contributed by atoms with Gasteiger partial charge in [-0.25, -0.2) is 4.79 Å². The van der Waals surface area contributed by atoms with Crippen molar-refractivity contribution >= 4 is 11.0 Å². The minimum Gasteiger partial charge on any atom is -0.423 e. The Balaban J connectivity index is 2.39. The molecule has 0 N–H and O–H groups in total. The minimum atomic E-state index is -0.317. The summed E-state index contributed by atoms with van der Waals surface area (Å²) in [5.41, 5.74) is 2.25. The van der Waals surface area contributed by atoms with Gasteiger partial charge in [0.25, 0.3) is 0 Å².